The number of aromatic nitrogens is 3. The fourth-order valence-electron chi connectivity index (χ4n) is 3.23. The molecule has 0 saturated carbocycles. The van der Waals surface area contributed by atoms with Crippen LogP contribution in [0.15, 0.2) is 66.3 Å². The number of ether oxygens (including phenoxy) is 2. The third-order valence-corrected chi connectivity index (χ3v) is 5.99. The highest BCUT2D eigenvalue weighted by atomic mass is 32.2. The van der Waals surface area contributed by atoms with Crippen molar-refractivity contribution in [2.45, 2.75) is 36.9 Å². The second-order valence-electron chi connectivity index (χ2n) is 7.17. The Hall–Kier alpha value is -3.26. The Balaban J connectivity index is 1.50. The summed E-state index contributed by atoms with van der Waals surface area (Å²) in [5.41, 5.74) is 1.82. The number of allylic oxidation sites excluding steroid dienone is 1. The number of hydrogen-bond acceptors (Lipinski definition) is 6. The first kappa shape index (κ1) is 21.0. The predicted octanol–water partition coefficient (Wildman–Crippen LogP) is 4.40. The van der Waals surface area contributed by atoms with Gasteiger partial charge in [0, 0.05) is 12.2 Å². The van der Waals surface area contributed by atoms with Crippen molar-refractivity contribution in [3.63, 3.8) is 0 Å². The first-order valence-corrected chi connectivity index (χ1v) is 10.9. The van der Waals surface area contributed by atoms with Gasteiger partial charge in [0.25, 0.3) is 0 Å². The average molecular weight is 437 g/mol. The van der Waals surface area contributed by atoms with Crippen molar-refractivity contribution >= 4 is 23.4 Å². The zero-order valence-corrected chi connectivity index (χ0v) is 18.3. The molecule has 1 aliphatic heterocycles. The van der Waals surface area contributed by atoms with Crippen molar-refractivity contribution in [1.82, 2.24) is 14.8 Å². The molecule has 0 bridgehead atoms. The molecule has 1 N–H and O–H groups in total. The molecule has 160 valence electrons. The van der Waals surface area contributed by atoms with Gasteiger partial charge in [-0.2, -0.15) is 0 Å². The largest absolute Gasteiger partial charge is 0.485 e. The predicted molar refractivity (Wildman–Crippen MR) is 121 cm³/mol. The molecule has 2 aromatic carbocycles. The molecule has 4 rings (SSSR count). The molecule has 0 fully saturated rings. The van der Waals surface area contributed by atoms with Gasteiger partial charge in [-0.15, -0.1) is 16.8 Å². The molecule has 0 spiro atoms. The quantitative estimate of drug-likeness (QED) is 0.437. The molecule has 31 heavy (non-hydrogen) atoms. The summed E-state index contributed by atoms with van der Waals surface area (Å²) in [6, 6.07) is 15.2. The number of carbonyl (C=O) groups excluding carboxylic acids is 1. The summed E-state index contributed by atoms with van der Waals surface area (Å²) in [6.45, 7) is 8.49. The lowest BCUT2D eigenvalue weighted by Crippen LogP contribution is -2.25. The fraction of sp³-hybridized carbons (Fsp3) is 0.261. The lowest BCUT2D eigenvalue weighted by Gasteiger charge is -2.26. The van der Waals surface area contributed by atoms with Crippen molar-refractivity contribution in [2.75, 3.05) is 11.9 Å². The number of rotatable bonds is 7. The van der Waals surface area contributed by atoms with Crippen LogP contribution in [0.25, 0.3) is 0 Å². The lowest BCUT2D eigenvalue weighted by atomic mass is 10.2. The maximum absolute atomic E-state index is 12.7. The van der Waals surface area contributed by atoms with Gasteiger partial charge in [-0.05, 0) is 37.6 Å². The van der Waals surface area contributed by atoms with Crippen LogP contribution in [0, 0.1) is 6.92 Å². The summed E-state index contributed by atoms with van der Waals surface area (Å²) in [7, 11) is 0. The van der Waals surface area contributed by atoms with E-state index in [0.29, 0.717) is 35.6 Å². The van der Waals surface area contributed by atoms with Crippen molar-refractivity contribution < 1.29 is 14.3 Å². The summed E-state index contributed by atoms with van der Waals surface area (Å²) in [5.74, 6) is 1.93. The highest BCUT2D eigenvalue weighted by Crippen LogP contribution is 2.36. The Morgan fingerprint density at radius 1 is 1.26 bits per heavy atom. The number of amides is 1. The van der Waals surface area contributed by atoms with Crippen LogP contribution in [0.3, 0.4) is 0 Å². The van der Waals surface area contributed by atoms with Crippen LogP contribution in [0.2, 0.25) is 0 Å². The number of benzene rings is 2. The van der Waals surface area contributed by atoms with Gasteiger partial charge < -0.3 is 14.8 Å². The molecular weight excluding hydrogens is 412 g/mol. The molecule has 1 aromatic heterocycles. The second kappa shape index (κ2) is 9.26. The van der Waals surface area contributed by atoms with Crippen LogP contribution in [0.4, 0.5) is 5.69 Å². The van der Waals surface area contributed by atoms with E-state index in [-0.39, 0.29) is 11.2 Å². The Labute approximate surface area is 185 Å². The average Bonchev–Trinajstić information content (AvgIpc) is 3.17. The van der Waals surface area contributed by atoms with Gasteiger partial charge in [0.2, 0.25) is 5.91 Å². The number of carbonyl (C=O) groups is 1. The third-order valence-electron chi connectivity index (χ3n) is 4.91. The molecule has 7 nitrogen and oxygen atoms in total. The highest BCUT2D eigenvalue weighted by molar-refractivity contribution is 8.00. The first-order chi connectivity index (χ1) is 15.1. The standard InChI is InChI=1S/C23H24N4O3S/c1-4-13-27-21(20-14-29-18-11-7-8-12-19(18)30-20)25-26-23(27)31-16(3)22(28)24-17-10-6-5-9-15(17)2/h4-12,16,20H,1,13-14H2,2-3H3,(H,24,28). The third kappa shape index (κ3) is 4.59. The Morgan fingerprint density at radius 2 is 2.00 bits per heavy atom. The maximum atomic E-state index is 12.7. The number of thioether (sulfide) groups is 1. The van der Waals surface area contributed by atoms with Crippen molar-refractivity contribution in [3.05, 3.63) is 72.6 Å². The monoisotopic (exact) mass is 436 g/mol. The number of hydrogen-bond donors (Lipinski definition) is 1. The minimum absolute atomic E-state index is 0.0971. The number of para-hydroxylation sites is 3. The topological polar surface area (TPSA) is 78.3 Å². The van der Waals surface area contributed by atoms with Gasteiger partial charge in [-0.25, -0.2) is 0 Å². The van der Waals surface area contributed by atoms with Crippen molar-refractivity contribution in [1.29, 1.82) is 0 Å². The summed E-state index contributed by atoms with van der Waals surface area (Å²) >= 11 is 1.35. The van der Waals surface area contributed by atoms with Crippen LogP contribution in [0.1, 0.15) is 24.4 Å². The smallest absolute Gasteiger partial charge is 0.237 e. The number of anilines is 1. The normalized spacial score (nSPS) is 15.9. The molecule has 0 saturated heterocycles. The van der Waals surface area contributed by atoms with Crippen molar-refractivity contribution in [3.8, 4) is 11.5 Å². The van der Waals surface area contributed by atoms with E-state index < -0.39 is 6.10 Å². The minimum Gasteiger partial charge on any atom is -0.485 e. The molecule has 1 amide bonds. The number of nitrogens with one attached hydrogen (secondary N) is 1. The van der Waals surface area contributed by atoms with Gasteiger partial charge in [0.15, 0.2) is 28.6 Å². The fourth-order valence-corrected chi connectivity index (χ4v) is 4.10. The SMILES string of the molecule is C=CCn1c(SC(C)C(=O)Nc2ccccc2C)nnc1C1COc2ccccc2O1. The number of aryl methyl sites for hydroxylation is 1. The van der Waals surface area contributed by atoms with Gasteiger partial charge in [0.05, 0.1) is 5.25 Å². The van der Waals surface area contributed by atoms with E-state index in [2.05, 4.69) is 22.1 Å². The first-order valence-electron chi connectivity index (χ1n) is 10.0. The Kier molecular flexibility index (Phi) is 6.27. The number of nitrogens with zero attached hydrogens (tertiary/aromatic N) is 3. The molecule has 2 unspecified atom stereocenters. The maximum Gasteiger partial charge on any atom is 0.237 e. The zero-order valence-electron chi connectivity index (χ0n) is 17.4. The molecule has 2 atom stereocenters. The molecule has 0 aliphatic carbocycles. The van der Waals surface area contributed by atoms with E-state index in [1.165, 1.54) is 11.8 Å². The Morgan fingerprint density at radius 3 is 2.77 bits per heavy atom. The van der Waals surface area contributed by atoms with Crippen LogP contribution < -0.4 is 14.8 Å². The van der Waals surface area contributed by atoms with Crippen molar-refractivity contribution in [2.24, 2.45) is 0 Å². The zero-order chi connectivity index (χ0) is 21.8. The van der Waals surface area contributed by atoms with Gasteiger partial charge in [-0.1, -0.05) is 48.2 Å². The molecular formula is C23H24N4O3S. The number of fused-ring (bicyclic) bond motifs is 1. The van der Waals surface area contributed by atoms with E-state index in [9.17, 15) is 4.79 Å². The molecule has 8 heteroatoms. The molecule has 1 aliphatic rings. The van der Waals surface area contributed by atoms with E-state index in [0.717, 1.165) is 11.3 Å². The van der Waals surface area contributed by atoms with Gasteiger partial charge >= 0.3 is 0 Å². The Bertz CT molecular complexity index is 1100. The second-order valence-corrected chi connectivity index (χ2v) is 8.48. The van der Waals surface area contributed by atoms with Crippen LogP contribution in [0.5, 0.6) is 11.5 Å². The lowest BCUT2D eigenvalue weighted by molar-refractivity contribution is -0.115. The minimum atomic E-state index is -0.396. The van der Waals surface area contributed by atoms with E-state index in [1.807, 2.05) is 66.9 Å². The summed E-state index contributed by atoms with van der Waals surface area (Å²) < 4.78 is 13.8. The molecule has 0 radical (unpaired) electrons. The van der Waals surface area contributed by atoms with Crippen LogP contribution in [-0.2, 0) is 11.3 Å². The van der Waals surface area contributed by atoms with E-state index in [4.69, 9.17) is 9.47 Å². The van der Waals surface area contributed by atoms with E-state index in [1.54, 1.807) is 6.08 Å². The highest BCUT2D eigenvalue weighted by Gasteiger charge is 2.29. The molecule has 2 heterocycles. The summed E-state index contributed by atoms with van der Waals surface area (Å²) in [4.78, 5) is 12.7. The van der Waals surface area contributed by atoms with E-state index >= 15 is 0 Å². The van der Waals surface area contributed by atoms with Crippen LogP contribution >= 0.6 is 11.8 Å². The van der Waals surface area contributed by atoms with Crippen LogP contribution in [-0.4, -0.2) is 32.5 Å². The molecule has 3 aromatic rings. The van der Waals surface area contributed by atoms with Gasteiger partial charge in [-0.3, -0.25) is 9.36 Å². The van der Waals surface area contributed by atoms with Gasteiger partial charge in [0.1, 0.15) is 6.61 Å². The summed E-state index contributed by atoms with van der Waals surface area (Å²) in [5, 5.41) is 11.9. The summed E-state index contributed by atoms with van der Waals surface area (Å²) in [6.07, 6.45) is 1.37.